The van der Waals surface area contributed by atoms with Gasteiger partial charge in [-0.25, -0.2) is 0 Å². The fourth-order valence-electron chi connectivity index (χ4n) is 2.17. The van der Waals surface area contributed by atoms with Gasteiger partial charge >= 0.3 is 0 Å². The lowest BCUT2D eigenvalue weighted by Crippen LogP contribution is -2.19. The molecule has 23 heavy (non-hydrogen) atoms. The molecule has 0 radical (unpaired) electrons. The van der Waals surface area contributed by atoms with Crippen LogP contribution in [0.5, 0.6) is 0 Å². The second-order valence-electron chi connectivity index (χ2n) is 5.42. The molecule has 7 heteroatoms. The first-order chi connectivity index (χ1) is 11.0. The summed E-state index contributed by atoms with van der Waals surface area (Å²) >= 11 is 6.17. The Morgan fingerprint density at radius 2 is 2.22 bits per heavy atom. The summed E-state index contributed by atoms with van der Waals surface area (Å²) in [6.07, 6.45) is -0.378. The SMILES string of the molecule is CC1(C)OC[C@@H](c2nnc(-c3ccc(C#CCO)c(Cl)c3)o2)O1. The average Bonchev–Trinajstić information content (AvgIpc) is 3.12. The molecular formula is C16H15ClN2O4. The normalized spacial score (nSPS) is 19.4. The highest BCUT2D eigenvalue weighted by atomic mass is 35.5. The van der Waals surface area contributed by atoms with E-state index in [4.69, 9.17) is 30.6 Å². The van der Waals surface area contributed by atoms with Crippen LogP contribution >= 0.6 is 11.6 Å². The third kappa shape index (κ3) is 3.54. The van der Waals surface area contributed by atoms with E-state index in [0.29, 0.717) is 34.5 Å². The van der Waals surface area contributed by atoms with Crippen LogP contribution in [0, 0.1) is 11.8 Å². The van der Waals surface area contributed by atoms with Gasteiger partial charge in [-0.1, -0.05) is 23.4 Å². The van der Waals surface area contributed by atoms with E-state index in [9.17, 15) is 0 Å². The highest BCUT2D eigenvalue weighted by molar-refractivity contribution is 6.32. The van der Waals surface area contributed by atoms with Crippen LogP contribution in [-0.2, 0) is 9.47 Å². The Bertz CT molecular complexity index is 776. The van der Waals surface area contributed by atoms with Crippen molar-refractivity contribution in [1.29, 1.82) is 0 Å². The lowest BCUT2D eigenvalue weighted by Gasteiger charge is -2.15. The second kappa shape index (κ2) is 6.30. The Hall–Kier alpha value is -1.91. The summed E-state index contributed by atoms with van der Waals surface area (Å²) in [6, 6.07) is 5.21. The van der Waals surface area contributed by atoms with Gasteiger partial charge in [-0.15, -0.1) is 10.2 Å². The van der Waals surface area contributed by atoms with E-state index in [1.54, 1.807) is 18.2 Å². The largest absolute Gasteiger partial charge is 0.418 e. The van der Waals surface area contributed by atoms with Crippen LogP contribution in [0.1, 0.15) is 31.4 Å². The van der Waals surface area contributed by atoms with Crippen LogP contribution in [0.4, 0.5) is 0 Å². The molecule has 1 aromatic carbocycles. The summed E-state index contributed by atoms with van der Waals surface area (Å²) in [5.41, 5.74) is 1.31. The molecule has 3 rings (SSSR count). The first-order valence-electron chi connectivity index (χ1n) is 7.03. The predicted octanol–water partition coefficient (Wildman–Crippen LogP) is 2.56. The molecule has 1 saturated heterocycles. The van der Waals surface area contributed by atoms with Crippen molar-refractivity contribution in [3.8, 4) is 23.3 Å². The number of benzene rings is 1. The number of aliphatic hydroxyl groups is 1. The van der Waals surface area contributed by atoms with Crippen LogP contribution < -0.4 is 0 Å². The van der Waals surface area contributed by atoms with E-state index in [0.717, 1.165) is 0 Å². The lowest BCUT2D eigenvalue weighted by molar-refractivity contribution is -0.141. The third-order valence-electron chi connectivity index (χ3n) is 3.24. The Morgan fingerprint density at radius 1 is 1.39 bits per heavy atom. The number of rotatable bonds is 2. The third-order valence-corrected chi connectivity index (χ3v) is 3.56. The molecule has 0 amide bonds. The number of halogens is 1. The molecule has 0 aliphatic carbocycles. The van der Waals surface area contributed by atoms with Crippen molar-refractivity contribution in [2.24, 2.45) is 0 Å². The Kier molecular flexibility index (Phi) is 4.37. The van der Waals surface area contributed by atoms with Crippen LogP contribution in [-0.4, -0.2) is 34.3 Å². The van der Waals surface area contributed by atoms with E-state index in [2.05, 4.69) is 22.0 Å². The zero-order chi connectivity index (χ0) is 16.4. The van der Waals surface area contributed by atoms with Crippen LogP contribution in [0.3, 0.4) is 0 Å². The predicted molar refractivity (Wildman–Crippen MR) is 82.6 cm³/mol. The highest BCUT2D eigenvalue weighted by Crippen LogP contribution is 2.33. The fourth-order valence-corrected chi connectivity index (χ4v) is 2.40. The van der Waals surface area contributed by atoms with E-state index < -0.39 is 5.79 Å². The minimum absolute atomic E-state index is 0.217. The molecule has 1 aromatic heterocycles. The maximum absolute atomic E-state index is 8.72. The zero-order valence-electron chi connectivity index (χ0n) is 12.7. The minimum Gasteiger partial charge on any atom is -0.418 e. The van der Waals surface area contributed by atoms with Crippen molar-refractivity contribution in [2.75, 3.05) is 13.2 Å². The molecule has 2 aromatic rings. The van der Waals surface area contributed by atoms with Gasteiger partial charge < -0.3 is 19.0 Å². The zero-order valence-corrected chi connectivity index (χ0v) is 13.4. The molecule has 1 N–H and O–H groups in total. The average molecular weight is 335 g/mol. The Labute approximate surface area is 138 Å². The maximum atomic E-state index is 8.72. The number of nitrogens with zero attached hydrogens (tertiary/aromatic N) is 2. The van der Waals surface area contributed by atoms with Crippen LogP contribution in [0.25, 0.3) is 11.5 Å². The van der Waals surface area contributed by atoms with Gasteiger partial charge in [0.05, 0.1) is 11.6 Å². The monoisotopic (exact) mass is 334 g/mol. The first kappa shape index (κ1) is 16.0. The Morgan fingerprint density at radius 3 is 2.87 bits per heavy atom. The van der Waals surface area contributed by atoms with E-state index in [-0.39, 0.29) is 12.7 Å². The molecule has 6 nitrogen and oxygen atoms in total. The van der Waals surface area contributed by atoms with Crippen LogP contribution in [0.2, 0.25) is 5.02 Å². The fraction of sp³-hybridized carbons (Fsp3) is 0.375. The van der Waals surface area contributed by atoms with Gasteiger partial charge in [0, 0.05) is 11.1 Å². The van der Waals surface area contributed by atoms with Gasteiger partial charge in [0.2, 0.25) is 11.8 Å². The molecule has 0 unspecified atom stereocenters. The standard InChI is InChI=1S/C16H15ClN2O4/c1-16(2)21-9-13(23-16)15-19-18-14(22-15)11-6-5-10(4-3-7-20)12(17)8-11/h5-6,8,13,20H,7,9H2,1-2H3/t13-/m0/s1. The molecule has 120 valence electrons. The number of aromatic nitrogens is 2. The van der Waals surface area contributed by atoms with Crippen LogP contribution in [0.15, 0.2) is 22.6 Å². The van der Waals surface area contributed by atoms with Crippen molar-refractivity contribution < 1.29 is 19.0 Å². The van der Waals surface area contributed by atoms with Gasteiger partial charge in [-0.05, 0) is 32.0 Å². The second-order valence-corrected chi connectivity index (χ2v) is 5.82. The van der Waals surface area contributed by atoms with E-state index in [1.807, 2.05) is 13.8 Å². The van der Waals surface area contributed by atoms with Gasteiger partial charge in [0.15, 0.2) is 11.9 Å². The summed E-state index contributed by atoms with van der Waals surface area (Å²) < 4.78 is 16.8. The molecule has 2 heterocycles. The lowest BCUT2D eigenvalue weighted by atomic mass is 10.1. The maximum Gasteiger partial charge on any atom is 0.248 e. The van der Waals surface area contributed by atoms with E-state index >= 15 is 0 Å². The smallest absolute Gasteiger partial charge is 0.248 e. The van der Waals surface area contributed by atoms with Crippen molar-refractivity contribution in [2.45, 2.75) is 25.7 Å². The number of hydrogen-bond acceptors (Lipinski definition) is 6. The molecule has 1 fully saturated rings. The van der Waals surface area contributed by atoms with Gasteiger partial charge in [-0.2, -0.15) is 0 Å². The van der Waals surface area contributed by atoms with Crippen molar-refractivity contribution >= 4 is 11.6 Å². The summed E-state index contributed by atoms with van der Waals surface area (Å²) in [6.45, 7) is 3.81. The summed E-state index contributed by atoms with van der Waals surface area (Å²) in [7, 11) is 0. The molecule has 0 bridgehead atoms. The van der Waals surface area contributed by atoms with Gasteiger partial charge in [0.1, 0.15) is 6.61 Å². The quantitative estimate of drug-likeness (QED) is 0.850. The molecule has 0 spiro atoms. The summed E-state index contributed by atoms with van der Waals surface area (Å²) in [5, 5.41) is 17.2. The van der Waals surface area contributed by atoms with Crippen molar-refractivity contribution in [1.82, 2.24) is 10.2 Å². The molecule has 1 aliphatic rings. The topological polar surface area (TPSA) is 77.6 Å². The minimum atomic E-state index is -0.657. The first-order valence-corrected chi connectivity index (χ1v) is 7.41. The molecular weight excluding hydrogens is 320 g/mol. The molecule has 0 saturated carbocycles. The molecule has 1 aliphatic heterocycles. The molecule has 1 atom stereocenters. The Balaban J connectivity index is 1.82. The van der Waals surface area contributed by atoms with Crippen molar-refractivity contribution in [3.63, 3.8) is 0 Å². The number of hydrogen-bond donors (Lipinski definition) is 1. The van der Waals surface area contributed by atoms with E-state index in [1.165, 1.54) is 0 Å². The van der Waals surface area contributed by atoms with Gasteiger partial charge in [-0.3, -0.25) is 0 Å². The number of aliphatic hydroxyl groups excluding tert-OH is 1. The van der Waals surface area contributed by atoms with Crippen molar-refractivity contribution in [3.05, 3.63) is 34.7 Å². The van der Waals surface area contributed by atoms with Gasteiger partial charge in [0.25, 0.3) is 0 Å². The summed E-state index contributed by atoms with van der Waals surface area (Å²) in [5.74, 6) is 5.37. The highest BCUT2D eigenvalue weighted by Gasteiger charge is 2.36. The summed E-state index contributed by atoms with van der Waals surface area (Å²) in [4.78, 5) is 0. The number of ether oxygens (including phenoxy) is 2.